The van der Waals surface area contributed by atoms with Crippen LogP contribution in [0, 0.1) is 13.8 Å². The van der Waals surface area contributed by atoms with Gasteiger partial charge < -0.3 is 4.74 Å². The van der Waals surface area contributed by atoms with E-state index in [2.05, 4.69) is 19.8 Å². The molecular weight excluding hydrogens is 252 g/mol. The van der Waals surface area contributed by atoms with Crippen molar-refractivity contribution in [2.75, 3.05) is 12.9 Å². The first-order chi connectivity index (χ1) is 8.60. The molecule has 18 heavy (non-hydrogen) atoms. The molecule has 6 nitrogen and oxygen atoms in total. The molecule has 0 bridgehead atoms. The minimum Gasteiger partial charge on any atom is -0.469 e. The number of aryl methyl sites for hydroxylation is 2. The molecule has 96 valence electrons. The molecular formula is C11H14N4O2S. The zero-order chi connectivity index (χ0) is 13.1. The predicted molar refractivity (Wildman–Crippen MR) is 67.6 cm³/mol. The van der Waals surface area contributed by atoms with E-state index in [1.54, 1.807) is 4.52 Å². The molecule has 0 aliphatic rings. The Kier molecular flexibility index (Phi) is 3.81. The highest BCUT2D eigenvalue weighted by atomic mass is 32.2. The van der Waals surface area contributed by atoms with Crippen molar-refractivity contribution < 1.29 is 9.53 Å². The molecule has 0 unspecified atom stereocenters. The number of esters is 1. The Morgan fingerprint density at radius 2 is 2.22 bits per heavy atom. The largest absolute Gasteiger partial charge is 0.469 e. The maximum Gasteiger partial charge on any atom is 0.306 e. The second-order valence-electron chi connectivity index (χ2n) is 3.82. The number of aromatic nitrogens is 4. The number of carbonyl (C=O) groups is 1. The van der Waals surface area contributed by atoms with Crippen molar-refractivity contribution in [2.24, 2.45) is 0 Å². The molecule has 7 heteroatoms. The van der Waals surface area contributed by atoms with E-state index in [9.17, 15) is 4.79 Å². The van der Waals surface area contributed by atoms with Gasteiger partial charge in [-0.05, 0) is 19.9 Å². The maximum atomic E-state index is 11.0. The summed E-state index contributed by atoms with van der Waals surface area (Å²) in [6.07, 6.45) is 0.349. The van der Waals surface area contributed by atoms with Crippen LogP contribution in [0.3, 0.4) is 0 Å². The normalized spacial score (nSPS) is 10.8. The van der Waals surface area contributed by atoms with Gasteiger partial charge >= 0.3 is 5.97 Å². The van der Waals surface area contributed by atoms with Gasteiger partial charge in [-0.1, -0.05) is 11.8 Å². The van der Waals surface area contributed by atoms with Gasteiger partial charge in [-0.2, -0.15) is 4.98 Å². The number of rotatable bonds is 4. The molecule has 0 aliphatic carbocycles. The number of nitrogens with zero attached hydrogens (tertiary/aromatic N) is 4. The van der Waals surface area contributed by atoms with Crippen LogP contribution in [-0.4, -0.2) is 38.4 Å². The molecule has 2 aromatic rings. The van der Waals surface area contributed by atoms with Gasteiger partial charge in [0.25, 0.3) is 5.78 Å². The fourth-order valence-corrected chi connectivity index (χ4v) is 2.27. The van der Waals surface area contributed by atoms with Crippen LogP contribution < -0.4 is 0 Å². The Labute approximate surface area is 109 Å². The number of thioether (sulfide) groups is 1. The SMILES string of the molecule is COC(=O)CCSc1nc2nc(C)cc(C)n2n1. The highest BCUT2D eigenvalue weighted by molar-refractivity contribution is 7.99. The summed E-state index contributed by atoms with van der Waals surface area (Å²) in [7, 11) is 1.38. The molecule has 0 spiro atoms. The van der Waals surface area contributed by atoms with E-state index in [1.807, 2.05) is 19.9 Å². The molecule has 0 amide bonds. The molecule has 2 aromatic heterocycles. The van der Waals surface area contributed by atoms with E-state index < -0.39 is 0 Å². The number of carbonyl (C=O) groups excluding carboxylic acids is 1. The first-order valence-corrected chi connectivity index (χ1v) is 6.49. The fourth-order valence-electron chi connectivity index (χ4n) is 1.54. The van der Waals surface area contributed by atoms with Gasteiger partial charge in [-0.25, -0.2) is 9.50 Å². The average Bonchev–Trinajstić information content (AvgIpc) is 2.72. The van der Waals surface area contributed by atoms with Crippen molar-refractivity contribution in [3.8, 4) is 0 Å². The third-order valence-corrected chi connectivity index (χ3v) is 3.20. The van der Waals surface area contributed by atoms with E-state index in [0.717, 1.165) is 11.4 Å². The Bertz CT molecular complexity index is 582. The van der Waals surface area contributed by atoms with Gasteiger partial charge in [0.05, 0.1) is 13.5 Å². The smallest absolute Gasteiger partial charge is 0.306 e. The van der Waals surface area contributed by atoms with E-state index >= 15 is 0 Å². The van der Waals surface area contributed by atoms with Gasteiger partial charge in [-0.3, -0.25) is 4.79 Å². The van der Waals surface area contributed by atoms with Gasteiger partial charge in [-0.15, -0.1) is 5.10 Å². The van der Waals surface area contributed by atoms with Gasteiger partial charge in [0.1, 0.15) is 0 Å². The summed E-state index contributed by atoms with van der Waals surface area (Å²) in [5.74, 6) is 0.964. The summed E-state index contributed by atoms with van der Waals surface area (Å²) in [4.78, 5) is 19.6. The van der Waals surface area contributed by atoms with Crippen molar-refractivity contribution in [3.63, 3.8) is 0 Å². The minimum absolute atomic E-state index is 0.226. The zero-order valence-electron chi connectivity index (χ0n) is 10.5. The highest BCUT2D eigenvalue weighted by Gasteiger charge is 2.09. The Balaban J connectivity index is 2.11. The van der Waals surface area contributed by atoms with Crippen LogP contribution in [0.15, 0.2) is 11.2 Å². The van der Waals surface area contributed by atoms with Crippen LogP contribution in [0.4, 0.5) is 0 Å². The van der Waals surface area contributed by atoms with Crippen LogP contribution in [0.5, 0.6) is 0 Å². The first kappa shape index (κ1) is 12.8. The van der Waals surface area contributed by atoms with E-state index in [-0.39, 0.29) is 5.97 Å². The summed E-state index contributed by atoms with van der Waals surface area (Å²) in [5, 5.41) is 4.96. The van der Waals surface area contributed by atoms with Crippen LogP contribution in [-0.2, 0) is 9.53 Å². The van der Waals surface area contributed by atoms with E-state index in [0.29, 0.717) is 23.1 Å². The van der Waals surface area contributed by atoms with Gasteiger partial charge in [0, 0.05) is 17.1 Å². The predicted octanol–water partition coefficient (Wildman–Crippen LogP) is 1.40. The van der Waals surface area contributed by atoms with Crippen molar-refractivity contribution in [3.05, 3.63) is 17.5 Å². The minimum atomic E-state index is -0.226. The summed E-state index contributed by atoms with van der Waals surface area (Å²) < 4.78 is 6.27. The maximum absolute atomic E-state index is 11.0. The van der Waals surface area contributed by atoms with E-state index in [4.69, 9.17) is 0 Å². The monoisotopic (exact) mass is 266 g/mol. The van der Waals surface area contributed by atoms with Crippen LogP contribution in [0.2, 0.25) is 0 Å². The van der Waals surface area contributed by atoms with Crippen molar-refractivity contribution in [1.29, 1.82) is 0 Å². The molecule has 0 atom stereocenters. The van der Waals surface area contributed by atoms with E-state index in [1.165, 1.54) is 18.9 Å². The molecule has 0 fully saturated rings. The summed E-state index contributed by atoms with van der Waals surface area (Å²) in [6, 6.07) is 1.95. The van der Waals surface area contributed by atoms with Crippen molar-refractivity contribution >= 4 is 23.5 Å². The van der Waals surface area contributed by atoms with Crippen molar-refractivity contribution in [1.82, 2.24) is 19.6 Å². The number of methoxy groups -OCH3 is 1. The molecule has 0 saturated heterocycles. The number of fused-ring (bicyclic) bond motifs is 1. The van der Waals surface area contributed by atoms with Crippen LogP contribution in [0.1, 0.15) is 17.8 Å². The molecule has 0 radical (unpaired) electrons. The lowest BCUT2D eigenvalue weighted by atomic mass is 10.4. The van der Waals surface area contributed by atoms with Gasteiger partial charge in [0.2, 0.25) is 5.16 Å². The summed E-state index contributed by atoms with van der Waals surface area (Å²) >= 11 is 1.42. The number of ether oxygens (including phenoxy) is 1. The molecule has 0 aromatic carbocycles. The Hall–Kier alpha value is -1.63. The average molecular weight is 266 g/mol. The Morgan fingerprint density at radius 3 is 2.94 bits per heavy atom. The number of hydrogen-bond acceptors (Lipinski definition) is 6. The molecule has 2 rings (SSSR count). The lowest BCUT2D eigenvalue weighted by Gasteiger charge is -1.97. The van der Waals surface area contributed by atoms with Gasteiger partial charge in [0.15, 0.2) is 0 Å². The summed E-state index contributed by atoms with van der Waals surface area (Å²) in [6.45, 7) is 3.88. The Morgan fingerprint density at radius 1 is 1.44 bits per heavy atom. The second kappa shape index (κ2) is 5.34. The third kappa shape index (κ3) is 2.79. The third-order valence-electron chi connectivity index (χ3n) is 2.36. The molecule has 0 aliphatic heterocycles. The van der Waals surface area contributed by atoms with Crippen LogP contribution in [0.25, 0.3) is 5.78 Å². The second-order valence-corrected chi connectivity index (χ2v) is 4.88. The van der Waals surface area contributed by atoms with Crippen LogP contribution >= 0.6 is 11.8 Å². The zero-order valence-corrected chi connectivity index (χ0v) is 11.3. The highest BCUT2D eigenvalue weighted by Crippen LogP contribution is 2.16. The molecule has 2 heterocycles. The van der Waals surface area contributed by atoms with Crippen molar-refractivity contribution in [2.45, 2.75) is 25.4 Å². The fraction of sp³-hybridized carbons (Fsp3) is 0.455. The summed E-state index contributed by atoms with van der Waals surface area (Å²) in [5.41, 5.74) is 1.91. The quantitative estimate of drug-likeness (QED) is 0.615. The first-order valence-electron chi connectivity index (χ1n) is 5.51. The number of hydrogen-bond donors (Lipinski definition) is 0. The molecule has 0 N–H and O–H groups in total. The molecule has 0 saturated carbocycles. The lowest BCUT2D eigenvalue weighted by molar-refractivity contribution is -0.140. The lowest BCUT2D eigenvalue weighted by Crippen LogP contribution is -2.01. The standard InChI is InChI=1S/C11H14N4O2S/c1-7-6-8(2)15-10(12-7)13-11(14-15)18-5-4-9(16)17-3/h6H,4-5H2,1-3H3. The topological polar surface area (TPSA) is 69.4 Å².